The molecule has 0 spiro atoms. The topological polar surface area (TPSA) is 258 Å². The quantitative estimate of drug-likeness (QED) is 0.121. The standard InChI is InChI=1S/C42H46O16/c1-18-33(47)35(49)37(51)41(53-18)56-29-14-22-24(44)16-26(46)32(40(22)58-39(29)20-10-6-3-7-11-20)23-15-27(19-8-4-2-5-9-19)55-28-13-21(12-25(45)31(23)28)54-42-38(52)36(50)34(48)30(17-43)57-42/h2-13,16,18,23,27,29-30,33-39,41-52H,14-15,17H2,1H3/t18-,23-,27+,29?,30+,33-,34+,35+,36-,37+,38+,39+,41-,42+/m0/s1. The predicted molar refractivity (Wildman–Crippen MR) is 199 cm³/mol. The zero-order valence-electron chi connectivity index (χ0n) is 31.1. The summed E-state index contributed by atoms with van der Waals surface area (Å²) in [5, 5.41) is 107. The number of phenolic OH excluding ortho intramolecular Hbond substituents is 3. The average Bonchev–Trinajstić information content (AvgIpc) is 3.22. The van der Waals surface area contributed by atoms with E-state index in [2.05, 4.69) is 0 Å². The van der Waals surface area contributed by atoms with Crippen molar-refractivity contribution in [2.24, 2.45) is 0 Å². The first kappa shape index (κ1) is 40.1. The van der Waals surface area contributed by atoms with Gasteiger partial charge in [-0.15, -0.1) is 0 Å². The molecule has 16 nitrogen and oxygen atoms in total. The van der Waals surface area contributed by atoms with Crippen LogP contribution >= 0.6 is 0 Å². The fourth-order valence-electron chi connectivity index (χ4n) is 8.28. The van der Waals surface area contributed by atoms with E-state index in [-0.39, 0.29) is 64.0 Å². The summed E-state index contributed by atoms with van der Waals surface area (Å²) < 4.78 is 36.7. The summed E-state index contributed by atoms with van der Waals surface area (Å²) >= 11 is 0. The van der Waals surface area contributed by atoms with Crippen molar-refractivity contribution in [1.82, 2.24) is 0 Å². The van der Waals surface area contributed by atoms with Gasteiger partial charge in [-0.05, 0) is 18.1 Å². The Bertz CT molecular complexity index is 2070. The largest absolute Gasteiger partial charge is 0.507 e. The molecule has 4 aliphatic heterocycles. The second-order valence-electron chi connectivity index (χ2n) is 15.1. The van der Waals surface area contributed by atoms with E-state index in [1.54, 1.807) is 24.3 Å². The second-order valence-corrected chi connectivity index (χ2v) is 15.1. The number of aliphatic hydroxyl groups is 7. The van der Waals surface area contributed by atoms with E-state index in [1.807, 2.05) is 36.4 Å². The van der Waals surface area contributed by atoms with Crippen LogP contribution in [-0.4, -0.2) is 125 Å². The molecule has 14 atom stereocenters. The van der Waals surface area contributed by atoms with Gasteiger partial charge in [-0.1, -0.05) is 60.7 Å². The van der Waals surface area contributed by atoms with Gasteiger partial charge in [0.25, 0.3) is 0 Å². The number of aliphatic hydroxyl groups excluding tert-OH is 7. The monoisotopic (exact) mass is 806 g/mol. The van der Waals surface area contributed by atoms with Gasteiger partial charge in [0.05, 0.1) is 12.7 Å². The summed E-state index contributed by atoms with van der Waals surface area (Å²) in [6.45, 7) is 0.861. The first-order valence-corrected chi connectivity index (χ1v) is 19.0. The number of benzene rings is 4. The Balaban J connectivity index is 1.21. The van der Waals surface area contributed by atoms with Gasteiger partial charge in [-0.25, -0.2) is 0 Å². The minimum absolute atomic E-state index is 0.0241. The smallest absolute Gasteiger partial charge is 0.229 e. The normalized spacial score (nSPS) is 34.6. The highest BCUT2D eigenvalue weighted by atomic mass is 16.7. The average molecular weight is 807 g/mol. The fraction of sp³-hybridized carbons (Fsp3) is 0.429. The summed E-state index contributed by atoms with van der Waals surface area (Å²) in [6, 6.07) is 22.1. The maximum atomic E-state index is 11.7. The fourth-order valence-corrected chi connectivity index (χ4v) is 8.28. The van der Waals surface area contributed by atoms with E-state index in [1.165, 1.54) is 25.1 Å². The Morgan fingerprint density at radius 3 is 1.98 bits per heavy atom. The summed E-state index contributed by atoms with van der Waals surface area (Å²) in [7, 11) is 0. The molecule has 0 bridgehead atoms. The van der Waals surface area contributed by atoms with Crippen molar-refractivity contribution in [3.8, 4) is 34.5 Å². The Hall–Kier alpha value is -4.72. The van der Waals surface area contributed by atoms with Crippen LogP contribution in [-0.2, 0) is 20.6 Å². The highest BCUT2D eigenvalue weighted by Crippen LogP contribution is 2.57. The molecule has 310 valence electrons. The van der Waals surface area contributed by atoms with Crippen LogP contribution in [0.1, 0.15) is 59.3 Å². The molecule has 58 heavy (non-hydrogen) atoms. The Morgan fingerprint density at radius 1 is 0.655 bits per heavy atom. The van der Waals surface area contributed by atoms with Crippen molar-refractivity contribution in [1.29, 1.82) is 0 Å². The molecule has 16 heteroatoms. The molecule has 4 aliphatic rings. The maximum Gasteiger partial charge on any atom is 0.229 e. The minimum atomic E-state index is -1.72. The van der Waals surface area contributed by atoms with Crippen LogP contribution in [0.4, 0.5) is 0 Å². The van der Waals surface area contributed by atoms with Gasteiger partial charge in [-0.2, -0.15) is 0 Å². The second kappa shape index (κ2) is 16.1. The lowest BCUT2D eigenvalue weighted by Crippen LogP contribution is -2.60. The Morgan fingerprint density at radius 2 is 1.29 bits per heavy atom. The summed E-state index contributed by atoms with van der Waals surface area (Å²) in [5.74, 6) is -1.66. The molecule has 0 aliphatic carbocycles. The van der Waals surface area contributed by atoms with E-state index in [0.29, 0.717) is 5.56 Å². The van der Waals surface area contributed by atoms with Crippen LogP contribution in [0.2, 0.25) is 0 Å². The molecular weight excluding hydrogens is 760 g/mol. The molecule has 0 amide bonds. The number of hydrogen-bond donors (Lipinski definition) is 10. The number of ether oxygens (including phenoxy) is 6. The molecule has 2 fully saturated rings. The highest BCUT2D eigenvalue weighted by Gasteiger charge is 2.48. The lowest BCUT2D eigenvalue weighted by atomic mass is 9.79. The SMILES string of the molecule is C[C@@H]1O[C@@H](OC2Cc3c(O)cc(O)c([C@H]4C[C@H](c5ccccc5)Oc5cc(O[C@@H]6O[C@H](CO)[C@@H](O)[C@H](O)[C@H]6O)cc(O)c54)c3O[C@@H]2c2ccccc2)[C@H](O)[C@H](O)[C@H]1O. The van der Waals surface area contributed by atoms with Gasteiger partial charge in [0.15, 0.2) is 12.4 Å². The molecule has 2 saturated heterocycles. The molecule has 0 saturated carbocycles. The van der Waals surface area contributed by atoms with Crippen molar-refractivity contribution in [3.63, 3.8) is 0 Å². The number of aromatic hydroxyl groups is 3. The molecule has 10 N–H and O–H groups in total. The molecule has 1 unspecified atom stereocenters. The van der Waals surface area contributed by atoms with Crippen LogP contribution in [0.15, 0.2) is 78.9 Å². The first-order valence-electron chi connectivity index (χ1n) is 19.0. The van der Waals surface area contributed by atoms with Gasteiger partial charge in [0.2, 0.25) is 6.29 Å². The van der Waals surface area contributed by atoms with E-state index >= 15 is 0 Å². The number of rotatable bonds is 8. The van der Waals surface area contributed by atoms with Crippen LogP contribution < -0.4 is 14.2 Å². The first-order chi connectivity index (χ1) is 27.8. The number of phenols is 3. The summed E-state index contributed by atoms with van der Waals surface area (Å²) in [4.78, 5) is 0. The lowest BCUT2D eigenvalue weighted by molar-refractivity contribution is -0.310. The number of hydrogen-bond acceptors (Lipinski definition) is 16. The minimum Gasteiger partial charge on any atom is -0.507 e. The molecule has 4 heterocycles. The molecule has 0 aromatic heterocycles. The van der Waals surface area contributed by atoms with Gasteiger partial charge < -0.3 is 79.5 Å². The molecule has 0 radical (unpaired) electrons. The van der Waals surface area contributed by atoms with Crippen molar-refractivity contribution in [2.45, 2.75) is 105 Å². The summed E-state index contributed by atoms with van der Waals surface area (Å²) in [6.07, 6.45) is -17.0. The zero-order chi connectivity index (χ0) is 41.0. The molecule has 4 aromatic rings. The third-order valence-electron chi connectivity index (χ3n) is 11.4. The molecular formula is C42H46O16. The van der Waals surface area contributed by atoms with Gasteiger partial charge in [0, 0.05) is 53.6 Å². The van der Waals surface area contributed by atoms with Crippen molar-refractivity contribution in [3.05, 3.63) is 107 Å². The Kier molecular flexibility index (Phi) is 11.2. The van der Waals surface area contributed by atoms with E-state index < -0.39 is 92.2 Å². The van der Waals surface area contributed by atoms with Crippen molar-refractivity contribution in [2.75, 3.05) is 6.61 Å². The van der Waals surface area contributed by atoms with Crippen LogP contribution in [0.3, 0.4) is 0 Å². The van der Waals surface area contributed by atoms with Crippen molar-refractivity contribution >= 4 is 0 Å². The lowest BCUT2D eigenvalue weighted by Gasteiger charge is -2.43. The van der Waals surface area contributed by atoms with Crippen LogP contribution in [0, 0.1) is 0 Å². The van der Waals surface area contributed by atoms with E-state index in [4.69, 9.17) is 28.4 Å². The van der Waals surface area contributed by atoms with E-state index in [0.717, 1.165) is 5.56 Å². The third kappa shape index (κ3) is 7.30. The van der Waals surface area contributed by atoms with Gasteiger partial charge in [-0.3, -0.25) is 0 Å². The van der Waals surface area contributed by atoms with Gasteiger partial charge >= 0.3 is 0 Å². The maximum absolute atomic E-state index is 11.7. The van der Waals surface area contributed by atoms with Crippen LogP contribution in [0.25, 0.3) is 0 Å². The predicted octanol–water partition coefficient (Wildman–Crippen LogP) is 1.53. The zero-order valence-corrected chi connectivity index (χ0v) is 31.1. The summed E-state index contributed by atoms with van der Waals surface area (Å²) in [5.41, 5.74) is 2.09. The Labute approximate surface area is 332 Å². The van der Waals surface area contributed by atoms with Gasteiger partial charge in [0.1, 0.15) is 89.4 Å². The van der Waals surface area contributed by atoms with Crippen LogP contribution in [0.5, 0.6) is 34.5 Å². The molecule has 8 rings (SSSR count). The third-order valence-corrected chi connectivity index (χ3v) is 11.4. The highest BCUT2D eigenvalue weighted by molar-refractivity contribution is 5.65. The molecule has 4 aromatic carbocycles. The van der Waals surface area contributed by atoms with E-state index in [9.17, 15) is 51.1 Å². The number of fused-ring (bicyclic) bond motifs is 2. The van der Waals surface area contributed by atoms with Crippen molar-refractivity contribution < 1.29 is 79.5 Å².